The summed E-state index contributed by atoms with van der Waals surface area (Å²) in [6.07, 6.45) is 5.79. The fourth-order valence-electron chi connectivity index (χ4n) is 0.869. The van der Waals surface area contributed by atoms with Crippen LogP contribution in [-0.2, 0) is 6.54 Å². The molecule has 61 valence electrons. The summed E-state index contributed by atoms with van der Waals surface area (Å²) in [6, 6.07) is 0. The third-order valence-electron chi connectivity index (χ3n) is 1.32. The molecule has 0 atom stereocenters. The highest BCUT2D eigenvalue weighted by Crippen LogP contribution is 2.23. The molecule has 0 aromatic carbocycles. The predicted molar refractivity (Wildman–Crippen MR) is 48.1 cm³/mol. The quantitative estimate of drug-likeness (QED) is 0.680. The van der Waals surface area contributed by atoms with Crippen LogP contribution in [0.5, 0.6) is 0 Å². The van der Waals surface area contributed by atoms with Crippen LogP contribution in [0.4, 0.5) is 0 Å². The fraction of sp³-hybridized carbons (Fsp3) is 0.571. The lowest BCUT2D eigenvalue weighted by atomic mass is 10.5. The molecule has 0 N–H and O–H groups in total. The molecule has 1 radical (unpaired) electrons. The summed E-state index contributed by atoms with van der Waals surface area (Å²) >= 11 is 7.43. The highest BCUT2D eigenvalue weighted by atomic mass is 35.5. The molecule has 0 saturated heterocycles. The van der Waals surface area contributed by atoms with Crippen LogP contribution < -0.4 is 0 Å². The van der Waals surface area contributed by atoms with Crippen molar-refractivity contribution in [2.75, 3.05) is 6.26 Å². The van der Waals surface area contributed by atoms with E-state index >= 15 is 0 Å². The van der Waals surface area contributed by atoms with Crippen molar-refractivity contribution in [2.24, 2.45) is 0 Å². The molecule has 0 aliphatic carbocycles. The van der Waals surface area contributed by atoms with E-state index in [0.717, 1.165) is 18.0 Å². The fourth-order valence-corrected chi connectivity index (χ4v) is 1.80. The Labute approximate surface area is 75.9 Å². The smallest absolute Gasteiger partial charge is 0.134 e. The Kier molecular flexibility index (Phi) is 3.27. The second kappa shape index (κ2) is 4.02. The molecule has 11 heavy (non-hydrogen) atoms. The van der Waals surface area contributed by atoms with Crippen LogP contribution in [0.25, 0.3) is 0 Å². The molecule has 0 saturated carbocycles. The van der Waals surface area contributed by atoms with Gasteiger partial charge in [-0.15, -0.1) is 11.8 Å². The molecule has 1 aromatic rings. The molecule has 1 rings (SSSR count). The van der Waals surface area contributed by atoms with Gasteiger partial charge in [0, 0.05) is 6.54 Å². The zero-order valence-electron chi connectivity index (χ0n) is 6.59. The minimum Gasteiger partial charge on any atom is -0.257 e. The van der Waals surface area contributed by atoms with Crippen LogP contribution in [0.1, 0.15) is 13.3 Å². The number of hydrogen-bond donors (Lipinski definition) is 0. The summed E-state index contributed by atoms with van der Waals surface area (Å²) in [7, 11) is 0. The summed E-state index contributed by atoms with van der Waals surface area (Å²) < 4.78 is 1.88. The van der Waals surface area contributed by atoms with Crippen molar-refractivity contribution in [3.05, 3.63) is 11.2 Å². The van der Waals surface area contributed by atoms with E-state index in [2.05, 4.69) is 18.2 Å². The van der Waals surface area contributed by atoms with E-state index in [1.807, 2.05) is 10.9 Å². The highest BCUT2D eigenvalue weighted by molar-refractivity contribution is 7.98. The van der Waals surface area contributed by atoms with E-state index in [0.29, 0.717) is 5.02 Å². The zero-order chi connectivity index (χ0) is 8.27. The lowest BCUT2D eigenvalue weighted by molar-refractivity contribution is 0.558. The monoisotopic (exact) mass is 189 g/mol. The molecule has 1 heterocycles. The molecule has 4 heteroatoms. The first-order chi connectivity index (χ1) is 5.29. The van der Waals surface area contributed by atoms with Gasteiger partial charge < -0.3 is 0 Å². The Morgan fingerprint density at radius 3 is 3.00 bits per heavy atom. The standard InChI is InChI=1S/C7H10ClN2S/c1-3-4-10-7(11-2)6(8)5-9-10/h3-4H2,1-2H3. The summed E-state index contributed by atoms with van der Waals surface area (Å²) in [5.41, 5.74) is 0. The van der Waals surface area contributed by atoms with Gasteiger partial charge in [0.25, 0.3) is 0 Å². The van der Waals surface area contributed by atoms with Crippen molar-refractivity contribution in [3.63, 3.8) is 0 Å². The average Bonchev–Trinajstić information content (AvgIpc) is 2.33. The number of aryl methyl sites for hydroxylation is 1. The van der Waals surface area contributed by atoms with Crippen molar-refractivity contribution in [1.82, 2.24) is 9.78 Å². The average molecular weight is 190 g/mol. The maximum Gasteiger partial charge on any atom is 0.134 e. The van der Waals surface area contributed by atoms with E-state index in [-0.39, 0.29) is 0 Å². The first-order valence-corrected chi connectivity index (χ1v) is 5.07. The first kappa shape index (κ1) is 8.94. The van der Waals surface area contributed by atoms with Gasteiger partial charge >= 0.3 is 0 Å². The molecule has 0 bridgehead atoms. The van der Waals surface area contributed by atoms with Crippen LogP contribution in [0.2, 0.25) is 5.02 Å². The normalized spacial score (nSPS) is 10.5. The van der Waals surface area contributed by atoms with E-state index < -0.39 is 0 Å². The summed E-state index contributed by atoms with van der Waals surface area (Å²) in [4.78, 5) is 0. The van der Waals surface area contributed by atoms with Crippen molar-refractivity contribution < 1.29 is 0 Å². The third-order valence-corrected chi connectivity index (χ3v) is 2.50. The first-order valence-electron chi connectivity index (χ1n) is 3.47. The third kappa shape index (κ3) is 1.91. The highest BCUT2D eigenvalue weighted by Gasteiger charge is 2.06. The molecule has 0 unspecified atom stereocenters. The molecule has 1 aromatic heterocycles. The number of aromatic nitrogens is 2. The van der Waals surface area contributed by atoms with Gasteiger partial charge in [-0.2, -0.15) is 5.10 Å². The second-order valence-electron chi connectivity index (χ2n) is 2.16. The van der Waals surface area contributed by atoms with E-state index in [1.165, 1.54) is 0 Å². The topological polar surface area (TPSA) is 17.8 Å². The van der Waals surface area contributed by atoms with Crippen LogP contribution >= 0.6 is 23.4 Å². The lowest BCUT2D eigenvalue weighted by Crippen LogP contribution is -1.99. The number of nitrogens with zero attached hydrogens (tertiary/aromatic N) is 2. The second-order valence-corrected chi connectivity index (χ2v) is 3.33. The van der Waals surface area contributed by atoms with Crippen molar-refractivity contribution in [1.29, 1.82) is 0 Å². The predicted octanol–water partition coefficient (Wildman–Crippen LogP) is 2.47. The molecule has 0 aliphatic heterocycles. The summed E-state index contributed by atoms with van der Waals surface area (Å²) in [5, 5.41) is 5.65. The van der Waals surface area contributed by atoms with Gasteiger partial charge in [-0.05, 0) is 12.7 Å². The van der Waals surface area contributed by atoms with Crippen molar-refractivity contribution in [3.8, 4) is 0 Å². The molecule has 0 spiro atoms. The maximum atomic E-state index is 5.82. The Morgan fingerprint density at radius 1 is 1.73 bits per heavy atom. The van der Waals surface area contributed by atoms with Gasteiger partial charge in [-0.3, -0.25) is 4.68 Å². The van der Waals surface area contributed by atoms with Gasteiger partial charge in [-0.1, -0.05) is 18.5 Å². The van der Waals surface area contributed by atoms with Crippen LogP contribution in [0.3, 0.4) is 0 Å². The maximum absolute atomic E-state index is 5.82. The number of hydrogen-bond acceptors (Lipinski definition) is 2. The number of rotatable bonds is 3. The van der Waals surface area contributed by atoms with Gasteiger partial charge in [0.05, 0.1) is 0 Å². The van der Waals surface area contributed by atoms with Crippen molar-refractivity contribution >= 4 is 23.4 Å². The van der Waals surface area contributed by atoms with Crippen LogP contribution in [-0.4, -0.2) is 16.0 Å². The van der Waals surface area contributed by atoms with Crippen LogP contribution in [0.15, 0.2) is 5.03 Å². The Balaban J connectivity index is 2.86. The number of halogens is 1. The zero-order valence-corrected chi connectivity index (χ0v) is 8.17. The molecular weight excluding hydrogens is 180 g/mol. The summed E-state index contributed by atoms with van der Waals surface area (Å²) in [6.45, 7) is 3.03. The number of thioether (sulfide) groups is 1. The minimum atomic E-state index is 0.631. The molecule has 2 nitrogen and oxygen atoms in total. The minimum absolute atomic E-state index is 0.631. The van der Waals surface area contributed by atoms with Crippen LogP contribution in [0, 0.1) is 6.20 Å². The lowest BCUT2D eigenvalue weighted by Gasteiger charge is -2.01. The Hall–Kier alpha value is -0.150. The molecule has 0 fully saturated rings. The van der Waals surface area contributed by atoms with Gasteiger partial charge in [0.15, 0.2) is 0 Å². The van der Waals surface area contributed by atoms with Gasteiger partial charge in [0.1, 0.15) is 16.2 Å². The van der Waals surface area contributed by atoms with E-state index in [9.17, 15) is 0 Å². The molecular formula is C7H10ClN2S. The van der Waals surface area contributed by atoms with E-state index in [1.54, 1.807) is 11.8 Å². The molecule has 0 aliphatic rings. The molecule has 0 amide bonds. The van der Waals surface area contributed by atoms with Crippen molar-refractivity contribution in [2.45, 2.75) is 24.9 Å². The SMILES string of the molecule is CCCn1n[c]c(Cl)c1SC. The Bertz CT molecular complexity index is 234. The Morgan fingerprint density at radius 2 is 2.45 bits per heavy atom. The summed E-state index contributed by atoms with van der Waals surface area (Å²) in [5.74, 6) is 0. The van der Waals surface area contributed by atoms with E-state index in [4.69, 9.17) is 11.6 Å². The largest absolute Gasteiger partial charge is 0.257 e. The van der Waals surface area contributed by atoms with Gasteiger partial charge in [-0.25, -0.2) is 0 Å². The van der Waals surface area contributed by atoms with Gasteiger partial charge in [0.2, 0.25) is 0 Å².